The Kier molecular flexibility index (Phi) is 7.72. The number of aryl methyl sites for hydroxylation is 1. The summed E-state index contributed by atoms with van der Waals surface area (Å²) in [5, 5.41) is 7.52. The molecule has 0 aliphatic rings. The summed E-state index contributed by atoms with van der Waals surface area (Å²) in [6.45, 7) is 5.25. The van der Waals surface area contributed by atoms with Crippen LogP contribution in [-0.2, 0) is 18.3 Å². The fraction of sp³-hybridized carbons (Fsp3) is 0.714. The van der Waals surface area contributed by atoms with Crippen molar-refractivity contribution in [3.05, 3.63) is 18.0 Å². The van der Waals surface area contributed by atoms with Crippen molar-refractivity contribution in [3.8, 4) is 0 Å². The number of aromatic nitrogens is 2. The van der Waals surface area contributed by atoms with Gasteiger partial charge in [0.2, 0.25) is 0 Å². The highest BCUT2D eigenvalue weighted by Gasteiger charge is 2.07. The summed E-state index contributed by atoms with van der Waals surface area (Å²) in [5.74, 6) is 0.916. The van der Waals surface area contributed by atoms with Crippen LogP contribution in [0.2, 0.25) is 0 Å². The minimum atomic E-state index is 0.674. The minimum absolute atomic E-state index is 0.674. The molecule has 0 amide bonds. The van der Waals surface area contributed by atoms with E-state index >= 15 is 0 Å². The van der Waals surface area contributed by atoms with E-state index in [4.69, 9.17) is 4.74 Å². The Morgan fingerprint density at radius 2 is 2.35 bits per heavy atom. The van der Waals surface area contributed by atoms with Gasteiger partial charge < -0.3 is 15.0 Å². The van der Waals surface area contributed by atoms with Gasteiger partial charge in [0, 0.05) is 52.6 Å². The summed E-state index contributed by atoms with van der Waals surface area (Å²) >= 11 is 0. The minimum Gasteiger partial charge on any atom is -0.383 e. The van der Waals surface area contributed by atoms with E-state index < -0.39 is 0 Å². The number of guanidine groups is 1. The number of aliphatic imine (C=N–C) groups is 1. The Bertz CT molecular complexity index is 402. The zero-order chi connectivity index (χ0) is 14.8. The third-order valence-electron chi connectivity index (χ3n) is 2.90. The van der Waals surface area contributed by atoms with E-state index in [2.05, 4.69) is 27.2 Å². The van der Waals surface area contributed by atoms with Gasteiger partial charge in [-0.1, -0.05) is 13.3 Å². The molecule has 0 saturated carbocycles. The van der Waals surface area contributed by atoms with Crippen LogP contribution in [0.3, 0.4) is 0 Å². The second-order valence-electron chi connectivity index (χ2n) is 4.86. The van der Waals surface area contributed by atoms with Crippen molar-refractivity contribution in [2.24, 2.45) is 12.0 Å². The van der Waals surface area contributed by atoms with Crippen molar-refractivity contribution in [1.29, 1.82) is 0 Å². The standard InChI is InChI=1S/C14H27N5O/c1-5-6-7-15-14(16-8-9-20-4)18(2)11-13-10-17-19(3)12-13/h10,12H,5-9,11H2,1-4H3,(H,15,16). The normalized spacial score (nSPS) is 11.7. The molecular formula is C14H27N5O. The quantitative estimate of drug-likeness (QED) is 0.442. The smallest absolute Gasteiger partial charge is 0.194 e. The van der Waals surface area contributed by atoms with E-state index in [0.717, 1.165) is 38.4 Å². The Balaban J connectivity index is 2.57. The number of ether oxygens (including phenoxy) is 1. The number of methoxy groups -OCH3 is 1. The largest absolute Gasteiger partial charge is 0.383 e. The van der Waals surface area contributed by atoms with Gasteiger partial charge >= 0.3 is 0 Å². The highest BCUT2D eigenvalue weighted by atomic mass is 16.5. The van der Waals surface area contributed by atoms with Gasteiger partial charge in [-0.3, -0.25) is 9.67 Å². The lowest BCUT2D eigenvalue weighted by Crippen LogP contribution is -2.40. The molecule has 1 N–H and O–H groups in total. The molecule has 1 aromatic heterocycles. The van der Waals surface area contributed by atoms with Crippen LogP contribution in [0.25, 0.3) is 0 Å². The first kappa shape index (κ1) is 16.5. The molecular weight excluding hydrogens is 254 g/mol. The molecule has 0 aromatic carbocycles. The van der Waals surface area contributed by atoms with Crippen molar-refractivity contribution in [2.75, 3.05) is 33.9 Å². The van der Waals surface area contributed by atoms with Gasteiger partial charge in [-0.25, -0.2) is 0 Å². The molecule has 0 bridgehead atoms. The SMILES string of the molecule is CCCCN=C(NCCOC)N(C)Cc1cnn(C)c1. The lowest BCUT2D eigenvalue weighted by Gasteiger charge is -2.22. The maximum Gasteiger partial charge on any atom is 0.194 e. The molecule has 1 heterocycles. The van der Waals surface area contributed by atoms with Crippen LogP contribution in [0.4, 0.5) is 0 Å². The van der Waals surface area contributed by atoms with Gasteiger partial charge in [0.25, 0.3) is 0 Å². The molecule has 6 nitrogen and oxygen atoms in total. The van der Waals surface area contributed by atoms with E-state index in [1.807, 2.05) is 31.2 Å². The average Bonchev–Trinajstić information content (AvgIpc) is 2.82. The van der Waals surface area contributed by atoms with E-state index in [9.17, 15) is 0 Å². The first-order valence-electron chi connectivity index (χ1n) is 7.13. The number of rotatable bonds is 8. The van der Waals surface area contributed by atoms with Crippen molar-refractivity contribution in [2.45, 2.75) is 26.3 Å². The van der Waals surface area contributed by atoms with Gasteiger partial charge in [0.1, 0.15) is 0 Å². The van der Waals surface area contributed by atoms with Crippen LogP contribution in [0, 0.1) is 0 Å². The van der Waals surface area contributed by atoms with Crippen molar-refractivity contribution in [3.63, 3.8) is 0 Å². The predicted molar refractivity (Wildman–Crippen MR) is 81.8 cm³/mol. The zero-order valence-electron chi connectivity index (χ0n) is 13.1. The van der Waals surface area contributed by atoms with Crippen LogP contribution < -0.4 is 5.32 Å². The van der Waals surface area contributed by atoms with Gasteiger partial charge in [0.15, 0.2) is 5.96 Å². The van der Waals surface area contributed by atoms with E-state index in [0.29, 0.717) is 6.61 Å². The summed E-state index contributed by atoms with van der Waals surface area (Å²) in [6.07, 6.45) is 6.17. The maximum atomic E-state index is 5.07. The summed E-state index contributed by atoms with van der Waals surface area (Å²) in [7, 11) is 5.67. The number of nitrogens with zero attached hydrogens (tertiary/aromatic N) is 4. The van der Waals surface area contributed by atoms with Gasteiger partial charge in [-0.15, -0.1) is 0 Å². The van der Waals surface area contributed by atoms with Gasteiger partial charge in [0.05, 0.1) is 12.8 Å². The zero-order valence-corrected chi connectivity index (χ0v) is 13.1. The summed E-state index contributed by atoms with van der Waals surface area (Å²) in [6, 6.07) is 0. The fourth-order valence-electron chi connectivity index (χ4n) is 1.82. The Morgan fingerprint density at radius 3 is 2.95 bits per heavy atom. The number of nitrogens with one attached hydrogen (secondary N) is 1. The van der Waals surface area contributed by atoms with Crippen molar-refractivity contribution < 1.29 is 4.74 Å². The van der Waals surface area contributed by atoms with Gasteiger partial charge in [-0.2, -0.15) is 5.10 Å². The Hall–Kier alpha value is -1.56. The molecule has 0 aliphatic heterocycles. The number of hydrogen-bond acceptors (Lipinski definition) is 3. The van der Waals surface area contributed by atoms with Crippen molar-refractivity contribution in [1.82, 2.24) is 20.0 Å². The Morgan fingerprint density at radius 1 is 1.55 bits per heavy atom. The monoisotopic (exact) mass is 281 g/mol. The molecule has 114 valence electrons. The van der Waals surface area contributed by atoms with Crippen LogP contribution in [0.15, 0.2) is 17.4 Å². The maximum absolute atomic E-state index is 5.07. The third-order valence-corrected chi connectivity index (χ3v) is 2.90. The lowest BCUT2D eigenvalue weighted by molar-refractivity contribution is 0.203. The second kappa shape index (κ2) is 9.36. The molecule has 0 radical (unpaired) electrons. The highest BCUT2D eigenvalue weighted by molar-refractivity contribution is 5.79. The molecule has 0 unspecified atom stereocenters. The van der Waals surface area contributed by atoms with Crippen LogP contribution in [0.5, 0.6) is 0 Å². The first-order chi connectivity index (χ1) is 9.67. The van der Waals surface area contributed by atoms with E-state index in [1.54, 1.807) is 7.11 Å². The van der Waals surface area contributed by atoms with Crippen molar-refractivity contribution >= 4 is 5.96 Å². The summed E-state index contributed by atoms with van der Waals surface area (Å²) in [4.78, 5) is 6.75. The van der Waals surface area contributed by atoms with Gasteiger partial charge in [-0.05, 0) is 6.42 Å². The molecule has 6 heteroatoms. The molecule has 20 heavy (non-hydrogen) atoms. The number of hydrogen-bond donors (Lipinski definition) is 1. The topological polar surface area (TPSA) is 54.7 Å². The first-order valence-corrected chi connectivity index (χ1v) is 7.13. The molecule has 0 fully saturated rings. The van der Waals surface area contributed by atoms with Crippen LogP contribution >= 0.6 is 0 Å². The molecule has 1 aromatic rings. The third kappa shape index (κ3) is 6.06. The summed E-state index contributed by atoms with van der Waals surface area (Å²) < 4.78 is 6.88. The molecule has 0 aliphatic carbocycles. The fourth-order valence-corrected chi connectivity index (χ4v) is 1.82. The predicted octanol–water partition coefficient (Wildman–Crippen LogP) is 1.24. The highest BCUT2D eigenvalue weighted by Crippen LogP contribution is 2.02. The number of unbranched alkanes of at least 4 members (excludes halogenated alkanes) is 1. The molecule has 0 spiro atoms. The average molecular weight is 281 g/mol. The second-order valence-corrected chi connectivity index (χ2v) is 4.86. The lowest BCUT2D eigenvalue weighted by atomic mass is 10.3. The molecule has 0 saturated heterocycles. The van der Waals surface area contributed by atoms with Crippen LogP contribution in [0.1, 0.15) is 25.3 Å². The van der Waals surface area contributed by atoms with E-state index in [-0.39, 0.29) is 0 Å². The molecule has 0 atom stereocenters. The van der Waals surface area contributed by atoms with E-state index in [1.165, 1.54) is 5.56 Å². The Labute approximate surface area is 121 Å². The molecule has 1 rings (SSSR count). The summed E-state index contributed by atoms with van der Waals surface area (Å²) in [5.41, 5.74) is 1.17. The van der Waals surface area contributed by atoms with Crippen LogP contribution in [-0.4, -0.2) is 54.5 Å².